The van der Waals surface area contributed by atoms with Crippen molar-refractivity contribution >= 4 is 0 Å². The molecule has 0 fully saturated rings. The zero-order valence-corrected chi connectivity index (χ0v) is 10.9. The maximum atomic E-state index is 11.9. The first-order chi connectivity index (χ1) is 8.70. The minimum Gasteiger partial charge on any atom is -0.393 e. The van der Waals surface area contributed by atoms with Gasteiger partial charge in [0.05, 0.1) is 12.0 Å². The van der Waals surface area contributed by atoms with Crippen LogP contribution in [0.1, 0.15) is 38.4 Å². The molecule has 19 heavy (non-hydrogen) atoms. The maximum Gasteiger partial charge on any atom is 0.411 e. The van der Waals surface area contributed by atoms with E-state index in [1.54, 1.807) is 6.92 Å². The van der Waals surface area contributed by atoms with Gasteiger partial charge in [-0.1, -0.05) is 19.0 Å². The van der Waals surface area contributed by atoms with Crippen molar-refractivity contribution in [3.63, 3.8) is 0 Å². The number of aliphatic hydroxyl groups excluding tert-OH is 1. The van der Waals surface area contributed by atoms with E-state index in [2.05, 4.69) is 14.9 Å². The number of aliphatic hydroxyl groups is 1. The standard InChI is InChI=1S/C11H17F3N2O3/c1-6(2)9(7(3)17)10-15-8(16-19-10)4-18-5-11(12,13)14/h6-7,9,17H,4-5H2,1-3H3. The number of hydrogen-bond donors (Lipinski definition) is 1. The molecule has 8 heteroatoms. The second-order valence-corrected chi connectivity index (χ2v) is 4.67. The Hall–Kier alpha value is -1.15. The fraction of sp³-hybridized carbons (Fsp3) is 0.818. The van der Waals surface area contributed by atoms with Crippen LogP contribution in [0.25, 0.3) is 0 Å². The van der Waals surface area contributed by atoms with E-state index >= 15 is 0 Å². The Balaban J connectivity index is 2.61. The fourth-order valence-electron chi connectivity index (χ4n) is 1.77. The lowest BCUT2D eigenvalue weighted by molar-refractivity contribution is -0.177. The van der Waals surface area contributed by atoms with Gasteiger partial charge in [-0.2, -0.15) is 18.2 Å². The molecule has 0 spiro atoms. The van der Waals surface area contributed by atoms with Crippen molar-refractivity contribution in [3.8, 4) is 0 Å². The van der Waals surface area contributed by atoms with Gasteiger partial charge in [-0.3, -0.25) is 0 Å². The monoisotopic (exact) mass is 282 g/mol. The van der Waals surface area contributed by atoms with Crippen molar-refractivity contribution < 1.29 is 27.5 Å². The fourth-order valence-corrected chi connectivity index (χ4v) is 1.77. The lowest BCUT2D eigenvalue weighted by atomic mass is 9.91. The van der Waals surface area contributed by atoms with E-state index in [0.29, 0.717) is 0 Å². The molecule has 0 bridgehead atoms. The number of ether oxygens (including phenoxy) is 1. The molecule has 1 aromatic rings. The smallest absolute Gasteiger partial charge is 0.393 e. The Morgan fingerprint density at radius 2 is 1.95 bits per heavy atom. The quantitative estimate of drug-likeness (QED) is 0.866. The third-order valence-electron chi connectivity index (χ3n) is 2.50. The van der Waals surface area contributed by atoms with Gasteiger partial charge in [-0.05, 0) is 12.8 Å². The van der Waals surface area contributed by atoms with E-state index in [9.17, 15) is 18.3 Å². The molecule has 1 N–H and O–H groups in total. The molecule has 1 rings (SSSR count). The molecule has 5 nitrogen and oxygen atoms in total. The van der Waals surface area contributed by atoms with E-state index in [-0.39, 0.29) is 30.2 Å². The van der Waals surface area contributed by atoms with Crippen molar-refractivity contribution in [1.82, 2.24) is 10.1 Å². The van der Waals surface area contributed by atoms with Gasteiger partial charge in [-0.15, -0.1) is 0 Å². The van der Waals surface area contributed by atoms with Crippen LogP contribution in [0.15, 0.2) is 4.52 Å². The second-order valence-electron chi connectivity index (χ2n) is 4.67. The number of rotatable bonds is 6. The summed E-state index contributed by atoms with van der Waals surface area (Å²) in [7, 11) is 0. The van der Waals surface area contributed by atoms with Gasteiger partial charge in [0.15, 0.2) is 5.82 Å². The van der Waals surface area contributed by atoms with E-state index in [0.717, 1.165) is 0 Å². The normalized spacial score (nSPS) is 15.8. The molecular weight excluding hydrogens is 265 g/mol. The summed E-state index contributed by atoms with van der Waals surface area (Å²) in [5, 5.41) is 13.2. The van der Waals surface area contributed by atoms with Crippen molar-refractivity contribution in [2.24, 2.45) is 5.92 Å². The first kappa shape index (κ1) is 15.9. The Labute approximate surface area is 108 Å². The molecule has 1 aromatic heterocycles. The average Bonchev–Trinajstić information content (AvgIpc) is 2.63. The lowest BCUT2D eigenvalue weighted by Crippen LogP contribution is -2.20. The van der Waals surface area contributed by atoms with Crippen LogP contribution in [-0.4, -0.2) is 34.1 Å². The second kappa shape index (κ2) is 6.33. The highest BCUT2D eigenvalue weighted by Crippen LogP contribution is 2.26. The van der Waals surface area contributed by atoms with Crippen LogP contribution >= 0.6 is 0 Å². The van der Waals surface area contributed by atoms with E-state index in [4.69, 9.17) is 4.52 Å². The van der Waals surface area contributed by atoms with Crippen molar-refractivity contribution in [3.05, 3.63) is 11.7 Å². The average molecular weight is 282 g/mol. The molecule has 110 valence electrons. The minimum absolute atomic E-state index is 0.0329. The van der Waals surface area contributed by atoms with Crippen LogP contribution in [0.4, 0.5) is 13.2 Å². The summed E-state index contributed by atoms with van der Waals surface area (Å²) in [6.07, 6.45) is -5.07. The molecule has 0 aliphatic rings. The molecule has 0 saturated heterocycles. The molecule has 2 unspecified atom stereocenters. The predicted molar refractivity (Wildman–Crippen MR) is 59.3 cm³/mol. The highest BCUT2D eigenvalue weighted by molar-refractivity contribution is 4.97. The highest BCUT2D eigenvalue weighted by atomic mass is 19.4. The summed E-state index contributed by atoms with van der Waals surface area (Å²) in [6.45, 7) is 3.60. The lowest BCUT2D eigenvalue weighted by Gasteiger charge is -2.19. The maximum absolute atomic E-state index is 11.9. The number of nitrogens with zero attached hydrogens (tertiary/aromatic N) is 2. The molecule has 0 aliphatic carbocycles. The van der Waals surface area contributed by atoms with Gasteiger partial charge in [0.2, 0.25) is 5.89 Å². The van der Waals surface area contributed by atoms with Gasteiger partial charge >= 0.3 is 6.18 Å². The third-order valence-corrected chi connectivity index (χ3v) is 2.50. The summed E-state index contributed by atoms with van der Waals surface area (Å²) in [4.78, 5) is 3.94. The predicted octanol–water partition coefficient (Wildman–Crippen LogP) is 2.27. The van der Waals surface area contributed by atoms with Crippen molar-refractivity contribution in [2.45, 2.75) is 45.6 Å². The van der Waals surface area contributed by atoms with Crippen molar-refractivity contribution in [2.75, 3.05) is 6.61 Å². The molecular formula is C11H17F3N2O3. The highest BCUT2D eigenvalue weighted by Gasteiger charge is 2.29. The van der Waals surface area contributed by atoms with Gasteiger partial charge in [0.1, 0.15) is 13.2 Å². The zero-order chi connectivity index (χ0) is 14.6. The molecule has 0 aromatic carbocycles. The van der Waals surface area contributed by atoms with Crippen LogP contribution in [0.2, 0.25) is 0 Å². The third kappa shape index (κ3) is 5.15. The summed E-state index contributed by atoms with van der Waals surface area (Å²) < 4.78 is 45.0. The van der Waals surface area contributed by atoms with Crippen molar-refractivity contribution in [1.29, 1.82) is 0 Å². The molecule has 0 aliphatic heterocycles. The van der Waals surface area contributed by atoms with Gasteiger partial charge < -0.3 is 14.4 Å². The Morgan fingerprint density at radius 3 is 2.42 bits per heavy atom. The van der Waals surface area contributed by atoms with Crippen LogP contribution in [-0.2, 0) is 11.3 Å². The first-order valence-corrected chi connectivity index (χ1v) is 5.85. The SMILES string of the molecule is CC(C)C(c1nc(COCC(F)(F)F)no1)C(C)O. The van der Waals surface area contributed by atoms with Crippen LogP contribution in [0.3, 0.4) is 0 Å². The Kier molecular flexibility index (Phi) is 5.30. The topological polar surface area (TPSA) is 68.4 Å². The summed E-state index contributed by atoms with van der Waals surface area (Å²) >= 11 is 0. The van der Waals surface area contributed by atoms with E-state index in [1.165, 1.54) is 0 Å². The van der Waals surface area contributed by atoms with Crippen LogP contribution in [0.5, 0.6) is 0 Å². The first-order valence-electron chi connectivity index (χ1n) is 5.85. The summed E-state index contributed by atoms with van der Waals surface area (Å²) in [6, 6.07) is 0. The number of hydrogen-bond acceptors (Lipinski definition) is 5. The molecule has 1 heterocycles. The van der Waals surface area contributed by atoms with Gasteiger partial charge in [0, 0.05) is 0 Å². The van der Waals surface area contributed by atoms with E-state index in [1.807, 2.05) is 13.8 Å². The molecule has 0 radical (unpaired) electrons. The van der Waals surface area contributed by atoms with Crippen LogP contribution < -0.4 is 0 Å². The van der Waals surface area contributed by atoms with Gasteiger partial charge in [-0.25, -0.2) is 0 Å². The summed E-state index contributed by atoms with van der Waals surface area (Å²) in [5.74, 6) is -0.0607. The van der Waals surface area contributed by atoms with Crippen LogP contribution in [0, 0.1) is 5.92 Å². The largest absolute Gasteiger partial charge is 0.411 e. The minimum atomic E-state index is -4.38. The zero-order valence-electron chi connectivity index (χ0n) is 10.9. The molecule has 0 amide bonds. The number of aromatic nitrogens is 2. The summed E-state index contributed by atoms with van der Waals surface area (Å²) in [5.41, 5.74) is 0. The number of alkyl halides is 3. The van der Waals surface area contributed by atoms with E-state index < -0.39 is 18.9 Å². The number of halogens is 3. The molecule has 2 atom stereocenters. The molecule has 0 saturated carbocycles. The van der Waals surface area contributed by atoms with Gasteiger partial charge in [0.25, 0.3) is 0 Å². The Morgan fingerprint density at radius 1 is 1.32 bits per heavy atom. The Bertz CT molecular complexity index is 383.